The first-order valence-corrected chi connectivity index (χ1v) is 8.03. The van der Waals surface area contributed by atoms with E-state index >= 15 is 0 Å². The van der Waals surface area contributed by atoms with E-state index in [2.05, 4.69) is 34.5 Å². The van der Waals surface area contributed by atoms with Crippen LogP contribution in [0.4, 0.5) is 5.69 Å². The monoisotopic (exact) mass is 288 g/mol. The van der Waals surface area contributed by atoms with Crippen LogP contribution in [0.25, 0.3) is 0 Å². The van der Waals surface area contributed by atoms with Crippen molar-refractivity contribution in [3.63, 3.8) is 0 Å². The van der Waals surface area contributed by atoms with Gasteiger partial charge in [-0.15, -0.1) is 0 Å². The number of nitrogens with one attached hydrogen (secondary N) is 1. The molecule has 2 saturated heterocycles. The smallest absolute Gasteiger partial charge is 0.224 e. The second-order valence-corrected chi connectivity index (χ2v) is 5.98. The average molecular weight is 288 g/mol. The van der Waals surface area contributed by atoms with E-state index in [-0.39, 0.29) is 12.0 Å². The van der Waals surface area contributed by atoms with Gasteiger partial charge in [0.25, 0.3) is 0 Å². The summed E-state index contributed by atoms with van der Waals surface area (Å²) in [5.41, 5.74) is 2.35. The molecule has 0 radical (unpaired) electrons. The summed E-state index contributed by atoms with van der Waals surface area (Å²) in [5.74, 6) is 0.0828. The lowest BCUT2D eigenvalue weighted by Crippen LogP contribution is -2.32. The molecule has 2 heterocycles. The van der Waals surface area contributed by atoms with Crippen molar-refractivity contribution in [2.24, 2.45) is 0 Å². The Balaban J connectivity index is 1.46. The number of hydrogen-bond acceptors (Lipinski definition) is 3. The Morgan fingerprint density at radius 3 is 2.62 bits per heavy atom. The maximum Gasteiger partial charge on any atom is 0.224 e. The standard InChI is InChI=1S/C17H24N2O2/c20-17(18-13-16-4-3-11-21-16)12-14-5-7-15(8-6-14)19-9-1-2-10-19/h5-8,16H,1-4,9-13H2,(H,18,20). The van der Waals surface area contributed by atoms with Gasteiger partial charge in [-0.2, -0.15) is 0 Å². The lowest BCUT2D eigenvalue weighted by molar-refractivity contribution is -0.120. The van der Waals surface area contributed by atoms with Crippen LogP contribution < -0.4 is 10.2 Å². The van der Waals surface area contributed by atoms with Gasteiger partial charge in [-0.1, -0.05) is 12.1 Å². The Bertz CT molecular complexity index is 460. The number of carbonyl (C=O) groups excluding carboxylic acids is 1. The molecule has 3 rings (SSSR count). The van der Waals surface area contributed by atoms with E-state index in [4.69, 9.17) is 4.74 Å². The zero-order valence-electron chi connectivity index (χ0n) is 12.5. The molecule has 0 bridgehead atoms. The second kappa shape index (κ2) is 6.94. The van der Waals surface area contributed by atoms with Gasteiger partial charge in [0.1, 0.15) is 0 Å². The number of hydrogen-bond donors (Lipinski definition) is 1. The maximum atomic E-state index is 11.9. The first-order chi connectivity index (χ1) is 10.3. The van der Waals surface area contributed by atoms with Crippen molar-refractivity contribution in [2.45, 2.75) is 38.2 Å². The predicted molar refractivity (Wildman–Crippen MR) is 83.6 cm³/mol. The van der Waals surface area contributed by atoms with Crippen LogP contribution in [-0.4, -0.2) is 38.3 Å². The van der Waals surface area contributed by atoms with Gasteiger partial charge in [0.05, 0.1) is 12.5 Å². The summed E-state index contributed by atoms with van der Waals surface area (Å²) in [5, 5.41) is 2.97. The minimum absolute atomic E-state index is 0.0828. The zero-order valence-corrected chi connectivity index (χ0v) is 12.5. The molecule has 0 saturated carbocycles. The van der Waals surface area contributed by atoms with E-state index < -0.39 is 0 Å². The normalized spacial score (nSPS) is 21.7. The number of anilines is 1. The number of nitrogens with zero attached hydrogens (tertiary/aromatic N) is 1. The summed E-state index contributed by atoms with van der Waals surface area (Å²) in [7, 11) is 0. The van der Waals surface area contributed by atoms with Crippen LogP contribution in [0.5, 0.6) is 0 Å². The fourth-order valence-electron chi connectivity index (χ4n) is 3.08. The molecule has 114 valence electrons. The number of carbonyl (C=O) groups is 1. The summed E-state index contributed by atoms with van der Waals surface area (Å²) in [6.45, 7) is 3.78. The largest absolute Gasteiger partial charge is 0.376 e. The van der Waals surface area contributed by atoms with Crippen molar-refractivity contribution < 1.29 is 9.53 Å². The third-order valence-electron chi connectivity index (χ3n) is 4.32. The Hall–Kier alpha value is -1.55. The topological polar surface area (TPSA) is 41.6 Å². The van der Waals surface area contributed by atoms with E-state index in [9.17, 15) is 4.79 Å². The summed E-state index contributed by atoms with van der Waals surface area (Å²) in [6, 6.07) is 8.40. The fourth-order valence-corrected chi connectivity index (χ4v) is 3.08. The predicted octanol–water partition coefficient (Wildman–Crippen LogP) is 2.12. The minimum atomic E-state index is 0.0828. The Morgan fingerprint density at radius 1 is 1.19 bits per heavy atom. The number of benzene rings is 1. The first kappa shape index (κ1) is 14.4. The second-order valence-electron chi connectivity index (χ2n) is 5.98. The quantitative estimate of drug-likeness (QED) is 0.902. The molecular formula is C17H24N2O2. The molecule has 2 aliphatic heterocycles. The van der Waals surface area contributed by atoms with Crippen molar-refractivity contribution in [1.82, 2.24) is 5.32 Å². The molecule has 1 N–H and O–H groups in total. The Morgan fingerprint density at radius 2 is 1.95 bits per heavy atom. The molecule has 1 atom stereocenters. The summed E-state index contributed by atoms with van der Waals surface area (Å²) >= 11 is 0. The molecule has 0 aromatic heterocycles. The van der Waals surface area contributed by atoms with Gasteiger partial charge in [-0.05, 0) is 43.4 Å². The molecule has 2 fully saturated rings. The maximum absolute atomic E-state index is 11.9. The van der Waals surface area contributed by atoms with Gasteiger partial charge >= 0.3 is 0 Å². The van der Waals surface area contributed by atoms with Crippen molar-refractivity contribution >= 4 is 11.6 Å². The van der Waals surface area contributed by atoms with Gasteiger partial charge in [-0.3, -0.25) is 4.79 Å². The minimum Gasteiger partial charge on any atom is -0.376 e. The highest BCUT2D eigenvalue weighted by Gasteiger charge is 2.16. The van der Waals surface area contributed by atoms with E-state index in [0.717, 1.165) is 38.1 Å². The summed E-state index contributed by atoms with van der Waals surface area (Å²) in [4.78, 5) is 14.3. The molecule has 21 heavy (non-hydrogen) atoms. The van der Waals surface area contributed by atoms with Gasteiger partial charge < -0.3 is 15.0 Å². The van der Waals surface area contributed by atoms with Crippen molar-refractivity contribution in [2.75, 3.05) is 31.1 Å². The average Bonchev–Trinajstić information content (AvgIpc) is 3.19. The molecule has 1 aromatic carbocycles. The Labute approximate surface area is 126 Å². The van der Waals surface area contributed by atoms with E-state index in [0.29, 0.717) is 13.0 Å². The highest BCUT2D eigenvalue weighted by atomic mass is 16.5. The number of rotatable bonds is 5. The first-order valence-electron chi connectivity index (χ1n) is 8.03. The van der Waals surface area contributed by atoms with Crippen LogP contribution in [0.2, 0.25) is 0 Å². The molecule has 0 spiro atoms. The van der Waals surface area contributed by atoms with Gasteiger partial charge in [-0.25, -0.2) is 0 Å². The van der Waals surface area contributed by atoms with Crippen LogP contribution in [0.1, 0.15) is 31.2 Å². The highest BCUT2D eigenvalue weighted by Crippen LogP contribution is 2.20. The third kappa shape index (κ3) is 3.97. The third-order valence-corrected chi connectivity index (χ3v) is 4.32. The molecule has 1 unspecified atom stereocenters. The lowest BCUT2D eigenvalue weighted by atomic mass is 10.1. The van der Waals surface area contributed by atoms with Crippen molar-refractivity contribution in [3.05, 3.63) is 29.8 Å². The van der Waals surface area contributed by atoms with E-state index in [1.807, 2.05) is 0 Å². The summed E-state index contributed by atoms with van der Waals surface area (Å²) in [6.07, 6.45) is 5.41. The number of ether oxygens (including phenoxy) is 1. The summed E-state index contributed by atoms with van der Waals surface area (Å²) < 4.78 is 5.51. The van der Waals surface area contributed by atoms with E-state index in [1.165, 1.54) is 18.5 Å². The van der Waals surface area contributed by atoms with Crippen molar-refractivity contribution in [1.29, 1.82) is 0 Å². The van der Waals surface area contributed by atoms with Crippen molar-refractivity contribution in [3.8, 4) is 0 Å². The van der Waals surface area contributed by atoms with Gasteiger partial charge in [0.15, 0.2) is 0 Å². The fraction of sp³-hybridized carbons (Fsp3) is 0.588. The molecule has 1 amide bonds. The lowest BCUT2D eigenvalue weighted by Gasteiger charge is -2.17. The molecule has 0 aliphatic carbocycles. The molecule has 2 aliphatic rings. The molecule has 1 aromatic rings. The van der Waals surface area contributed by atoms with E-state index in [1.54, 1.807) is 0 Å². The molecular weight excluding hydrogens is 264 g/mol. The number of amides is 1. The van der Waals surface area contributed by atoms with Crippen LogP contribution >= 0.6 is 0 Å². The zero-order chi connectivity index (χ0) is 14.5. The highest BCUT2D eigenvalue weighted by molar-refractivity contribution is 5.78. The Kier molecular flexibility index (Phi) is 4.76. The van der Waals surface area contributed by atoms with Crippen LogP contribution in [0, 0.1) is 0 Å². The van der Waals surface area contributed by atoms with Crippen LogP contribution in [-0.2, 0) is 16.0 Å². The SMILES string of the molecule is O=C(Cc1ccc(N2CCCC2)cc1)NCC1CCCO1. The van der Waals surface area contributed by atoms with Gasteiger partial charge in [0.2, 0.25) is 5.91 Å². The van der Waals surface area contributed by atoms with Gasteiger partial charge in [0, 0.05) is 31.9 Å². The molecule has 4 heteroatoms. The van der Waals surface area contributed by atoms with Crippen LogP contribution in [0.3, 0.4) is 0 Å². The van der Waals surface area contributed by atoms with Crippen LogP contribution in [0.15, 0.2) is 24.3 Å². The molecule has 4 nitrogen and oxygen atoms in total.